The quantitative estimate of drug-likeness (QED) is 0.416. The van der Waals surface area contributed by atoms with Gasteiger partial charge in [-0.2, -0.15) is 13.2 Å². The Hall–Kier alpha value is 0.310. The summed E-state index contributed by atoms with van der Waals surface area (Å²) < 4.78 is 65.5. The molecule has 0 N–H and O–H groups in total. The molecule has 11 heavy (non-hydrogen) atoms. The van der Waals surface area contributed by atoms with Crippen LogP contribution in [0.1, 0.15) is 6.42 Å². The van der Waals surface area contributed by atoms with E-state index in [4.69, 9.17) is 0 Å². The summed E-state index contributed by atoms with van der Waals surface area (Å²) in [4.78, 5) is 0. The van der Waals surface area contributed by atoms with Crippen LogP contribution in [0.25, 0.3) is 0 Å². The summed E-state index contributed by atoms with van der Waals surface area (Å²) in [5.41, 5.74) is 0. The summed E-state index contributed by atoms with van der Waals surface area (Å²) >= 11 is 0.326. The lowest BCUT2D eigenvalue weighted by Crippen LogP contribution is -2.36. The first-order valence-electron chi connectivity index (χ1n) is 2.39. The van der Waals surface area contributed by atoms with E-state index in [9.17, 15) is 26.3 Å². The number of halogens is 7. The number of hydrogen-bond donors (Lipinski definition) is 0. The van der Waals surface area contributed by atoms with Crippen LogP contribution in [0.4, 0.5) is 26.3 Å². The SMILES string of the molecule is FC(F)CC(F)(I)C(F)(F)F. The van der Waals surface area contributed by atoms with Crippen molar-refractivity contribution in [2.75, 3.05) is 0 Å². The molecule has 1 atom stereocenters. The average Bonchev–Trinajstić information content (AvgIpc) is 1.56. The van der Waals surface area contributed by atoms with Crippen molar-refractivity contribution in [1.29, 1.82) is 0 Å². The first kappa shape index (κ1) is 11.3. The third-order valence-corrected chi connectivity index (χ3v) is 1.88. The van der Waals surface area contributed by atoms with Gasteiger partial charge >= 0.3 is 6.18 Å². The third-order valence-electron chi connectivity index (χ3n) is 0.825. The summed E-state index contributed by atoms with van der Waals surface area (Å²) in [6.45, 7) is 0. The third kappa shape index (κ3) is 3.48. The predicted molar refractivity (Wildman–Crippen MR) is 34.5 cm³/mol. The monoisotopic (exact) mass is 292 g/mol. The second kappa shape index (κ2) is 3.36. The van der Waals surface area contributed by atoms with Crippen molar-refractivity contribution in [1.82, 2.24) is 0 Å². The van der Waals surface area contributed by atoms with Crippen molar-refractivity contribution in [3.8, 4) is 0 Å². The van der Waals surface area contributed by atoms with E-state index in [1.807, 2.05) is 0 Å². The molecule has 0 spiro atoms. The van der Waals surface area contributed by atoms with Gasteiger partial charge in [-0.15, -0.1) is 0 Å². The van der Waals surface area contributed by atoms with E-state index in [1.165, 1.54) is 0 Å². The number of hydrogen-bond acceptors (Lipinski definition) is 0. The summed E-state index contributed by atoms with van der Waals surface area (Å²) in [5, 5.41) is 0. The molecule has 0 aromatic carbocycles. The number of rotatable bonds is 2. The van der Waals surface area contributed by atoms with Crippen molar-refractivity contribution in [3.63, 3.8) is 0 Å². The molecule has 0 bridgehead atoms. The summed E-state index contributed by atoms with van der Waals surface area (Å²) in [5.74, 6) is 0. The van der Waals surface area contributed by atoms with Gasteiger partial charge in [0.1, 0.15) is 0 Å². The highest BCUT2D eigenvalue weighted by atomic mass is 127. The fourth-order valence-electron chi connectivity index (χ4n) is 0.310. The van der Waals surface area contributed by atoms with Gasteiger partial charge in [-0.3, -0.25) is 0 Å². The van der Waals surface area contributed by atoms with E-state index in [2.05, 4.69) is 0 Å². The highest BCUT2D eigenvalue weighted by Crippen LogP contribution is 2.43. The van der Waals surface area contributed by atoms with E-state index < -0.39 is 22.7 Å². The molecular weight excluding hydrogens is 289 g/mol. The fraction of sp³-hybridized carbons (Fsp3) is 1.00. The minimum absolute atomic E-state index is 0.326. The largest absolute Gasteiger partial charge is 0.432 e. The minimum atomic E-state index is -5.23. The van der Waals surface area contributed by atoms with E-state index in [-0.39, 0.29) is 0 Å². The van der Waals surface area contributed by atoms with Crippen LogP contribution in [-0.2, 0) is 0 Å². The zero-order valence-electron chi connectivity index (χ0n) is 4.93. The first-order chi connectivity index (χ1) is 4.67. The van der Waals surface area contributed by atoms with Crippen molar-refractivity contribution in [2.24, 2.45) is 0 Å². The Bertz CT molecular complexity index is 127. The molecule has 0 aromatic heterocycles. The van der Waals surface area contributed by atoms with Gasteiger partial charge in [-0.25, -0.2) is 13.2 Å². The Morgan fingerprint density at radius 1 is 1.09 bits per heavy atom. The Kier molecular flexibility index (Phi) is 3.45. The molecule has 68 valence electrons. The van der Waals surface area contributed by atoms with Gasteiger partial charge in [0.2, 0.25) is 6.43 Å². The molecule has 0 aromatic rings. The molecule has 7 heteroatoms. The summed E-state index contributed by atoms with van der Waals surface area (Å²) in [6.07, 6.45) is -10.3. The Labute approximate surface area is 72.1 Å². The van der Waals surface area contributed by atoms with Gasteiger partial charge < -0.3 is 0 Å². The molecule has 0 aliphatic carbocycles. The van der Waals surface area contributed by atoms with Crippen LogP contribution in [0.3, 0.4) is 0 Å². The van der Waals surface area contributed by atoms with Gasteiger partial charge in [-0.1, -0.05) is 0 Å². The van der Waals surface area contributed by atoms with E-state index in [0.29, 0.717) is 22.6 Å². The molecule has 0 saturated heterocycles. The summed E-state index contributed by atoms with van der Waals surface area (Å²) in [7, 11) is 0. The average molecular weight is 292 g/mol. The molecule has 0 nitrogen and oxygen atoms in total. The van der Waals surface area contributed by atoms with Crippen LogP contribution in [-0.4, -0.2) is 16.3 Å². The van der Waals surface area contributed by atoms with Gasteiger partial charge in [0, 0.05) is 0 Å². The van der Waals surface area contributed by atoms with Gasteiger partial charge in [0.05, 0.1) is 6.42 Å². The van der Waals surface area contributed by atoms with Gasteiger partial charge in [0.15, 0.2) is 0 Å². The summed E-state index contributed by atoms with van der Waals surface area (Å²) in [6, 6.07) is 0. The molecule has 0 radical (unpaired) electrons. The van der Waals surface area contributed by atoms with Crippen LogP contribution >= 0.6 is 22.6 Å². The Morgan fingerprint density at radius 2 is 1.45 bits per heavy atom. The van der Waals surface area contributed by atoms with Crippen molar-refractivity contribution >= 4 is 22.6 Å². The molecule has 0 aliphatic heterocycles. The van der Waals surface area contributed by atoms with E-state index in [0.717, 1.165) is 0 Å². The second-order valence-electron chi connectivity index (χ2n) is 1.80. The molecule has 0 amide bonds. The second-order valence-corrected chi connectivity index (χ2v) is 3.51. The predicted octanol–water partition coefficient (Wildman–Crippen LogP) is 3.30. The standard InChI is InChI=1S/C4H3F6I/c5-2(6)1-3(7,11)4(8,9)10/h2H,1H2. The molecule has 1 unspecified atom stereocenters. The molecule has 0 saturated carbocycles. The zero-order valence-corrected chi connectivity index (χ0v) is 7.09. The van der Waals surface area contributed by atoms with Crippen LogP contribution in [0.5, 0.6) is 0 Å². The van der Waals surface area contributed by atoms with E-state index in [1.54, 1.807) is 0 Å². The Balaban J connectivity index is 4.22. The molecule has 0 aliphatic rings. The molecule has 0 fully saturated rings. The highest BCUT2D eigenvalue weighted by Gasteiger charge is 2.55. The van der Waals surface area contributed by atoms with Crippen LogP contribution in [0.2, 0.25) is 0 Å². The maximum atomic E-state index is 12.2. The van der Waals surface area contributed by atoms with Crippen LogP contribution in [0, 0.1) is 0 Å². The van der Waals surface area contributed by atoms with Crippen molar-refractivity contribution in [2.45, 2.75) is 22.7 Å². The Morgan fingerprint density at radius 3 is 1.55 bits per heavy atom. The van der Waals surface area contributed by atoms with Crippen molar-refractivity contribution in [3.05, 3.63) is 0 Å². The number of alkyl halides is 7. The first-order valence-corrected chi connectivity index (χ1v) is 3.47. The zero-order chi connectivity index (χ0) is 9.28. The normalized spacial score (nSPS) is 18.5. The maximum Gasteiger partial charge on any atom is 0.432 e. The maximum absolute atomic E-state index is 12.2. The lowest BCUT2D eigenvalue weighted by atomic mass is 10.3. The van der Waals surface area contributed by atoms with Crippen LogP contribution in [0.15, 0.2) is 0 Å². The van der Waals surface area contributed by atoms with E-state index >= 15 is 0 Å². The highest BCUT2D eigenvalue weighted by molar-refractivity contribution is 14.1. The van der Waals surface area contributed by atoms with Crippen LogP contribution < -0.4 is 0 Å². The molecule has 0 heterocycles. The van der Waals surface area contributed by atoms with Crippen molar-refractivity contribution < 1.29 is 26.3 Å². The lowest BCUT2D eigenvalue weighted by Gasteiger charge is -2.20. The topological polar surface area (TPSA) is 0 Å². The molecular formula is C4H3F6I. The smallest absolute Gasteiger partial charge is 0.222 e. The fourth-order valence-corrected chi connectivity index (χ4v) is 0.642. The van der Waals surface area contributed by atoms with Gasteiger partial charge in [0.25, 0.3) is 3.68 Å². The minimum Gasteiger partial charge on any atom is -0.222 e. The molecule has 0 rings (SSSR count). The lowest BCUT2D eigenvalue weighted by molar-refractivity contribution is -0.196. The van der Waals surface area contributed by atoms with Gasteiger partial charge in [-0.05, 0) is 22.6 Å².